The summed E-state index contributed by atoms with van der Waals surface area (Å²) >= 11 is 0. The zero-order chi connectivity index (χ0) is 22.7. The molecule has 4 rings (SSSR count). The number of hydrogen-bond donors (Lipinski definition) is 0. The van der Waals surface area contributed by atoms with Crippen molar-refractivity contribution in [3.63, 3.8) is 0 Å². The fraction of sp³-hybridized carbons (Fsp3) is 0.190. The molecule has 1 aliphatic heterocycles. The molecule has 0 amide bonds. The highest BCUT2D eigenvalue weighted by Crippen LogP contribution is 2.32. The van der Waals surface area contributed by atoms with Gasteiger partial charge < -0.3 is 0 Å². The molecule has 164 valence electrons. The number of benzene rings is 2. The Hall–Kier alpha value is -3.86. The highest BCUT2D eigenvalue weighted by Gasteiger charge is 2.35. The van der Waals surface area contributed by atoms with Crippen LogP contribution in [0.5, 0.6) is 0 Å². The lowest BCUT2D eigenvalue weighted by atomic mass is 10.1. The number of hydrogen-bond acceptors (Lipinski definition) is 7. The van der Waals surface area contributed by atoms with Crippen molar-refractivity contribution in [1.82, 2.24) is 19.3 Å². The first kappa shape index (κ1) is 21.4. The molecule has 0 unspecified atom stereocenters. The first-order chi connectivity index (χ1) is 15.3. The number of aromatic nitrogens is 3. The van der Waals surface area contributed by atoms with Crippen molar-refractivity contribution in [3.05, 3.63) is 87.9 Å². The van der Waals surface area contributed by atoms with Gasteiger partial charge in [0.2, 0.25) is 0 Å². The number of carbonyl (C=O) groups excluding carboxylic acids is 1. The third-order valence-electron chi connectivity index (χ3n) is 4.98. The number of sulfonamides is 1. The van der Waals surface area contributed by atoms with Gasteiger partial charge in [-0.05, 0) is 17.7 Å². The van der Waals surface area contributed by atoms with Gasteiger partial charge in [0.05, 0.1) is 17.7 Å². The molecule has 10 nitrogen and oxygen atoms in total. The quantitative estimate of drug-likeness (QED) is 0.414. The Labute approximate surface area is 184 Å². The van der Waals surface area contributed by atoms with Crippen molar-refractivity contribution in [2.75, 3.05) is 6.54 Å². The summed E-state index contributed by atoms with van der Waals surface area (Å²) in [5.41, 5.74) is 1.09. The molecule has 2 aromatic carbocycles. The summed E-state index contributed by atoms with van der Waals surface area (Å²) in [7, 11) is -4.26. The molecule has 0 spiro atoms. The van der Waals surface area contributed by atoms with Gasteiger partial charge in [-0.1, -0.05) is 47.7 Å². The molecule has 0 atom stereocenters. The smallest absolute Gasteiger partial charge is 0.289 e. The van der Waals surface area contributed by atoms with Crippen LogP contribution in [0.4, 0.5) is 5.69 Å². The summed E-state index contributed by atoms with van der Waals surface area (Å²) in [5, 5.41) is 19.5. The summed E-state index contributed by atoms with van der Waals surface area (Å²) < 4.78 is 29.2. The summed E-state index contributed by atoms with van der Waals surface area (Å²) in [5.74, 6) is -0.123. The van der Waals surface area contributed by atoms with Gasteiger partial charge in [-0.25, -0.2) is 13.1 Å². The van der Waals surface area contributed by atoms with Crippen molar-refractivity contribution >= 4 is 27.6 Å². The van der Waals surface area contributed by atoms with Gasteiger partial charge in [0.1, 0.15) is 11.5 Å². The molecule has 0 radical (unpaired) electrons. The second-order valence-electron chi connectivity index (χ2n) is 7.23. The standard InChI is InChI=1S/C21H19N5O5S/c27-19-10-11-25(32(30,31)21-9-5-4-8-20(21)26(28)29)18(13-19)12-17-15-24(23-22-17)14-16-6-2-1-3-7-16/h1-9,12,15H,10-11,13-14H2. The van der Waals surface area contributed by atoms with Crippen molar-refractivity contribution in [2.45, 2.75) is 24.3 Å². The van der Waals surface area contributed by atoms with Crippen LogP contribution in [0.25, 0.3) is 6.08 Å². The lowest BCUT2D eigenvalue weighted by molar-refractivity contribution is -0.387. The Bertz CT molecular complexity index is 1300. The Morgan fingerprint density at radius 1 is 1.09 bits per heavy atom. The van der Waals surface area contributed by atoms with Gasteiger partial charge in [-0.15, -0.1) is 5.10 Å². The Morgan fingerprint density at radius 3 is 2.56 bits per heavy atom. The fourth-order valence-corrected chi connectivity index (χ4v) is 5.14. The van der Waals surface area contributed by atoms with E-state index in [-0.39, 0.29) is 30.9 Å². The minimum atomic E-state index is -4.26. The third kappa shape index (κ3) is 4.42. The summed E-state index contributed by atoms with van der Waals surface area (Å²) in [6.07, 6.45) is 3.04. The molecule has 11 heteroatoms. The normalized spacial score (nSPS) is 15.8. The molecule has 2 heterocycles. The Kier molecular flexibility index (Phi) is 5.82. The van der Waals surface area contributed by atoms with E-state index in [0.717, 1.165) is 15.9 Å². The predicted octanol–water partition coefficient (Wildman–Crippen LogP) is 2.63. The number of rotatable bonds is 6. The summed E-state index contributed by atoms with van der Waals surface area (Å²) in [6, 6.07) is 14.8. The van der Waals surface area contributed by atoms with Crippen molar-refractivity contribution < 1.29 is 18.1 Å². The van der Waals surface area contributed by atoms with Crippen molar-refractivity contribution in [2.24, 2.45) is 0 Å². The van der Waals surface area contributed by atoms with E-state index in [1.165, 1.54) is 24.3 Å². The van der Waals surface area contributed by atoms with Gasteiger partial charge >= 0.3 is 0 Å². The van der Waals surface area contributed by atoms with Crippen LogP contribution in [0.15, 0.2) is 71.4 Å². The van der Waals surface area contributed by atoms with Crippen LogP contribution in [0.1, 0.15) is 24.1 Å². The van der Waals surface area contributed by atoms with Gasteiger partial charge in [-0.2, -0.15) is 0 Å². The van der Waals surface area contributed by atoms with E-state index in [2.05, 4.69) is 10.3 Å². The van der Waals surface area contributed by atoms with Crippen molar-refractivity contribution in [3.8, 4) is 0 Å². The number of para-hydroxylation sites is 1. The molecule has 0 aliphatic carbocycles. The van der Waals surface area contributed by atoms with Gasteiger partial charge in [0, 0.05) is 31.1 Å². The predicted molar refractivity (Wildman–Crippen MR) is 115 cm³/mol. The first-order valence-electron chi connectivity index (χ1n) is 9.77. The van der Waals surface area contributed by atoms with E-state index in [9.17, 15) is 23.3 Å². The van der Waals surface area contributed by atoms with Crippen LogP contribution < -0.4 is 0 Å². The van der Waals surface area contributed by atoms with E-state index in [0.29, 0.717) is 12.2 Å². The number of allylic oxidation sites excluding steroid dienone is 1. The third-order valence-corrected chi connectivity index (χ3v) is 6.88. The fourth-order valence-electron chi connectivity index (χ4n) is 3.49. The van der Waals surface area contributed by atoms with Crippen LogP contribution in [0, 0.1) is 10.1 Å². The maximum atomic E-state index is 13.3. The highest BCUT2D eigenvalue weighted by atomic mass is 32.2. The van der Waals surface area contributed by atoms with E-state index in [1.807, 2.05) is 30.3 Å². The second kappa shape index (κ2) is 8.71. The molecule has 1 fully saturated rings. The summed E-state index contributed by atoms with van der Waals surface area (Å²) in [6.45, 7) is 0.380. The molecule has 0 bridgehead atoms. The first-order valence-corrected chi connectivity index (χ1v) is 11.2. The zero-order valence-corrected chi connectivity index (χ0v) is 17.7. The molecule has 32 heavy (non-hydrogen) atoms. The molecule has 1 aliphatic rings. The van der Waals surface area contributed by atoms with Crippen LogP contribution in [0.3, 0.4) is 0 Å². The number of nitro benzene ring substituents is 1. The minimum Gasteiger partial charge on any atom is -0.299 e. The van der Waals surface area contributed by atoms with E-state index in [4.69, 9.17) is 0 Å². The molecule has 3 aromatic rings. The molecular formula is C21H19N5O5S. The Morgan fingerprint density at radius 2 is 1.81 bits per heavy atom. The number of nitro groups is 1. The van der Waals surface area contributed by atoms with E-state index >= 15 is 0 Å². The van der Waals surface area contributed by atoms with Crippen LogP contribution in [-0.4, -0.2) is 45.0 Å². The maximum absolute atomic E-state index is 13.3. The molecule has 1 aromatic heterocycles. The zero-order valence-electron chi connectivity index (χ0n) is 16.9. The second-order valence-corrected chi connectivity index (χ2v) is 9.06. The SMILES string of the molecule is O=C1CCN(S(=O)(=O)c2ccccc2[N+](=O)[O-])C(=Cc2cn(Cc3ccccc3)nn2)C1. The topological polar surface area (TPSA) is 128 Å². The maximum Gasteiger partial charge on any atom is 0.289 e. The molecule has 1 saturated heterocycles. The minimum absolute atomic E-state index is 0.0257. The average molecular weight is 453 g/mol. The molecule has 0 saturated carbocycles. The number of nitrogens with zero attached hydrogens (tertiary/aromatic N) is 5. The number of piperidine rings is 1. The van der Waals surface area contributed by atoms with Crippen LogP contribution >= 0.6 is 0 Å². The van der Waals surface area contributed by atoms with Crippen LogP contribution in [-0.2, 0) is 21.4 Å². The highest BCUT2D eigenvalue weighted by molar-refractivity contribution is 7.89. The van der Waals surface area contributed by atoms with Crippen LogP contribution in [0.2, 0.25) is 0 Å². The van der Waals surface area contributed by atoms with Gasteiger partial charge in [0.15, 0.2) is 4.90 Å². The lowest BCUT2D eigenvalue weighted by Crippen LogP contribution is -2.37. The van der Waals surface area contributed by atoms with Gasteiger partial charge in [-0.3, -0.25) is 19.2 Å². The number of ketones is 1. The van der Waals surface area contributed by atoms with Crippen molar-refractivity contribution in [1.29, 1.82) is 0 Å². The largest absolute Gasteiger partial charge is 0.299 e. The number of Topliss-reactive ketones (excluding diaryl/α,β-unsaturated/α-hetero) is 1. The van der Waals surface area contributed by atoms with Gasteiger partial charge in [0.25, 0.3) is 15.7 Å². The number of carbonyl (C=O) groups is 1. The molecular weight excluding hydrogens is 434 g/mol. The van der Waals surface area contributed by atoms with E-state index < -0.39 is 25.5 Å². The molecule has 0 N–H and O–H groups in total. The van der Waals surface area contributed by atoms with E-state index in [1.54, 1.807) is 10.9 Å². The summed E-state index contributed by atoms with van der Waals surface area (Å²) in [4.78, 5) is 22.3. The Balaban J connectivity index is 1.67. The lowest BCUT2D eigenvalue weighted by Gasteiger charge is -2.29. The monoisotopic (exact) mass is 453 g/mol. The average Bonchev–Trinajstić information content (AvgIpc) is 3.21.